The number of hydrogen-bond donors (Lipinski definition) is 1. The molecular formula is C30H35ClN2O3. The largest absolute Gasteiger partial charge is 0.379 e. The van der Waals surface area contributed by atoms with Crippen molar-refractivity contribution in [2.45, 2.75) is 51.9 Å². The molecule has 3 aliphatic carbocycles. The summed E-state index contributed by atoms with van der Waals surface area (Å²) in [7, 11) is 0. The molecule has 36 heavy (non-hydrogen) atoms. The predicted molar refractivity (Wildman–Crippen MR) is 143 cm³/mol. The van der Waals surface area contributed by atoms with Crippen LogP contribution in [0.4, 0.5) is 0 Å². The Morgan fingerprint density at radius 3 is 2.75 bits per heavy atom. The molecular weight excluding hydrogens is 472 g/mol. The Morgan fingerprint density at radius 2 is 1.97 bits per heavy atom. The van der Waals surface area contributed by atoms with Crippen molar-refractivity contribution in [2.24, 2.45) is 17.8 Å². The molecule has 0 spiro atoms. The van der Waals surface area contributed by atoms with Crippen molar-refractivity contribution in [3.8, 4) is 0 Å². The molecule has 4 aliphatic rings. The zero-order chi connectivity index (χ0) is 25.1. The van der Waals surface area contributed by atoms with E-state index in [9.17, 15) is 9.59 Å². The van der Waals surface area contributed by atoms with Crippen LogP contribution in [-0.2, 0) is 9.53 Å². The minimum Gasteiger partial charge on any atom is -0.379 e. The Hall–Kier alpha value is -2.59. The first-order chi connectivity index (χ1) is 17.5. The molecule has 5 nitrogen and oxygen atoms in total. The van der Waals surface area contributed by atoms with Crippen molar-refractivity contribution in [1.82, 2.24) is 10.2 Å². The van der Waals surface area contributed by atoms with Crippen LogP contribution in [0.3, 0.4) is 0 Å². The van der Waals surface area contributed by atoms with E-state index in [1.807, 2.05) is 37.4 Å². The van der Waals surface area contributed by atoms with E-state index in [0.29, 0.717) is 30.4 Å². The number of amides is 1. The summed E-state index contributed by atoms with van der Waals surface area (Å²) in [6.45, 7) is 4.73. The number of ketones is 1. The van der Waals surface area contributed by atoms with E-state index < -0.39 is 0 Å². The van der Waals surface area contributed by atoms with Gasteiger partial charge in [-0.15, -0.1) is 0 Å². The quantitative estimate of drug-likeness (QED) is 0.489. The lowest BCUT2D eigenvalue weighted by atomic mass is 9.90. The van der Waals surface area contributed by atoms with Gasteiger partial charge in [0, 0.05) is 59.0 Å². The van der Waals surface area contributed by atoms with Crippen molar-refractivity contribution < 1.29 is 14.3 Å². The number of carbonyl (C=O) groups is 2. The zero-order valence-electron chi connectivity index (χ0n) is 21.0. The highest BCUT2D eigenvalue weighted by molar-refractivity contribution is 6.29. The van der Waals surface area contributed by atoms with Crippen LogP contribution in [-0.4, -0.2) is 42.9 Å². The van der Waals surface area contributed by atoms with Gasteiger partial charge in [-0.05, 0) is 93.1 Å². The Kier molecular flexibility index (Phi) is 7.81. The number of rotatable bonds is 10. The summed E-state index contributed by atoms with van der Waals surface area (Å²) in [5.74, 6) is 1.54. The highest BCUT2D eigenvalue weighted by atomic mass is 35.5. The lowest BCUT2D eigenvalue weighted by molar-refractivity contribution is -0.119. The topological polar surface area (TPSA) is 58.6 Å². The maximum atomic E-state index is 13.0. The maximum Gasteiger partial charge on any atom is 0.251 e. The molecule has 1 heterocycles. The molecule has 0 aromatic heterocycles. The fourth-order valence-electron chi connectivity index (χ4n) is 5.45. The average Bonchev–Trinajstić information content (AvgIpc) is 3.60. The predicted octanol–water partition coefficient (Wildman–Crippen LogP) is 3.93. The molecule has 0 saturated heterocycles. The molecule has 1 aromatic rings. The number of hydrogen-bond acceptors (Lipinski definition) is 4. The first-order valence-electron chi connectivity index (χ1n) is 13.3. The molecule has 6 heteroatoms. The molecule has 2 unspecified atom stereocenters. The van der Waals surface area contributed by atoms with E-state index in [2.05, 4.69) is 22.1 Å². The third-order valence-corrected chi connectivity index (χ3v) is 8.13. The van der Waals surface area contributed by atoms with Crippen LogP contribution < -0.4 is 15.8 Å². The number of carbonyl (C=O) groups excluding carboxylic acids is 2. The average molecular weight is 507 g/mol. The fourth-order valence-corrected chi connectivity index (χ4v) is 5.61. The number of Topliss-reactive ketones (excluding diaryl/α,β-unsaturated/α-hetero) is 1. The third-order valence-electron chi connectivity index (χ3n) is 7.82. The molecule has 2 atom stereocenters. The fraction of sp³-hybridized carbons (Fsp3) is 0.500. The van der Waals surface area contributed by atoms with Gasteiger partial charge in [-0.2, -0.15) is 0 Å². The van der Waals surface area contributed by atoms with Crippen molar-refractivity contribution >= 4 is 35.2 Å². The van der Waals surface area contributed by atoms with E-state index >= 15 is 0 Å². The highest BCUT2D eigenvalue weighted by Gasteiger charge is 2.32. The summed E-state index contributed by atoms with van der Waals surface area (Å²) >= 11 is 6.06. The van der Waals surface area contributed by atoms with Gasteiger partial charge in [0.1, 0.15) is 0 Å². The maximum absolute atomic E-state index is 13.0. The number of nitrogens with one attached hydrogen (secondary N) is 1. The summed E-state index contributed by atoms with van der Waals surface area (Å²) < 4.78 is 5.63. The second kappa shape index (κ2) is 11.2. The van der Waals surface area contributed by atoms with Crippen molar-refractivity contribution in [3.05, 3.63) is 62.7 Å². The van der Waals surface area contributed by atoms with Gasteiger partial charge in [-0.25, -0.2) is 0 Å². The summed E-state index contributed by atoms with van der Waals surface area (Å²) in [6.07, 6.45) is 14.9. The minimum atomic E-state index is -0.0647. The number of ether oxygens (including phenoxy) is 1. The standard InChI is InChI=1S/C30H35ClN2O3/c1-20-27(30(35)32-13-15-36-19-21-2-3-21)11-8-23-12-14-33(18-28(20)23)17-22-4-5-25(16-22)29(34)24-6-9-26(31)10-7-24/h6,8-9,11,14,18,21-22,25H,2-5,7,10,13,15-17,19H2,1H3,(H,32,35). The normalized spacial score (nSPS) is 22.8. The van der Waals surface area contributed by atoms with Crippen LogP contribution in [0.5, 0.6) is 0 Å². The van der Waals surface area contributed by atoms with E-state index in [4.69, 9.17) is 16.3 Å². The van der Waals surface area contributed by atoms with Crippen LogP contribution in [0, 0.1) is 24.7 Å². The second-order valence-electron chi connectivity index (χ2n) is 10.6. The van der Waals surface area contributed by atoms with Gasteiger partial charge >= 0.3 is 0 Å². The van der Waals surface area contributed by atoms with Gasteiger partial charge in [-0.3, -0.25) is 9.59 Å². The second-order valence-corrected chi connectivity index (χ2v) is 11.1. The van der Waals surface area contributed by atoms with Crippen molar-refractivity contribution in [2.75, 3.05) is 26.3 Å². The monoisotopic (exact) mass is 506 g/mol. The Labute approximate surface area is 218 Å². The molecule has 1 amide bonds. The lowest BCUT2D eigenvalue weighted by Crippen LogP contribution is -2.37. The van der Waals surface area contributed by atoms with Crippen molar-refractivity contribution in [3.63, 3.8) is 0 Å². The number of allylic oxidation sites excluding steroid dienone is 4. The molecule has 2 saturated carbocycles. The molecule has 2 fully saturated rings. The van der Waals surface area contributed by atoms with Crippen LogP contribution >= 0.6 is 11.6 Å². The van der Waals surface area contributed by atoms with Gasteiger partial charge in [0.25, 0.3) is 5.91 Å². The van der Waals surface area contributed by atoms with Gasteiger partial charge in [0.15, 0.2) is 5.78 Å². The van der Waals surface area contributed by atoms with Crippen LogP contribution in [0.1, 0.15) is 60.9 Å². The third kappa shape index (κ3) is 6.03. The number of fused-ring (bicyclic) bond motifs is 1. The lowest BCUT2D eigenvalue weighted by Gasteiger charge is -2.22. The zero-order valence-corrected chi connectivity index (χ0v) is 21.8. The minimum absolute atomic E-state index is 0.0647. The summed E-state index contributed by atoms with van der Waals surface area (Å²) in [4.78, 5) is 27.9. The molecule has 5 rings (SSSR count). The smallest absolute Gasteiger partial charge is 0.251 e. The van der Waals surface area contributed by atoms with E-state index in [-0.39, 0.29) is 11.8 Å². The van der Waals surface area contributed by atoms with E-state index in [1.54, 1.807) is 0 Å². The van der Waals surface area contributed by atoms with Crippen LogP contribution in [0.25, 0.3) is 11.9 Å². The number of halogens is 1. The molecule has 0 bridgehead atoms. The van der Waals surface area contributed by atoms with Gasteiger partial charge in [-0.1, -0.05) is 23.4 Å². The van der Waals surface area contributed by atoms with Crippen LogP contribution in [0.2, 0.25) is 0 Å². The number of nitrogens with zero attached hydrogens (tertiary/aromatic N) is 1. The van der Waals surface area contributed by atoms with Gasteiger partial charge < -0.3 is 15.0 Å². The SMILES string of the molecule is Cc1c(C(=O)NCCOCC2CC2)ccc2c1=CN(CC1CCC(C(=O)C3=CC=C(Cl)CC3)C1)C=C=2. The van der Waals surface area contributed by atoms with E-state index in [1.165, 1.54) is 12.8 Å². The van der Waals surface area contributed by atoms with Gasteiger partial charge in [0.2, 0.25) is 0 Å². The van der Waals surface area contributed by atoms with Gasteiger partial charge in [0.05, 0.1) is 6.61 Å². The highest BCUT2D eigenvalue weighted by Crippen LogP contribution is 2.35. The summed E-state index contributed by atoms with van der Waals surface area (Å²) in [6, 6.07) is 3.85. The molecule has 0 radical (unpaired) electrons. The number of benzene rings is 1. The first-order valence-corrected chi connectivity index (χ1v) is 13.6. The summed E-state index contributed by atoms with van der Waals surface area (Å²) in [5.41, 5.74) is 5.96. The molecule has 1 N–H and O–H groups in total. The molecule has 1 aromatic carbocycles. The Morgan fingerprint density at radius 1 is 1.14 bits per heavy atom. The van der Waals surface area contributed by atoms with E-state index in [0.717, 1.165) is 77.8 Å². The first kappa shape index (κ1) is 25.1. The Bertz CT molecular complexity index is 1250. The summed E-state index contributed by atoms with van der Waals surface area (Å²) in [5, 5.41) is 5.86. The van der Waals surface area contributed by atoms with Crippen molar-refractivity contribution in [1.29, 1.82) is 0 Å². The molecule has 190 valence electrons. The Balaban J connectivity index is 1.18. The molecule has 1 aliphatic heterocycles. The van der Waals surface area contributed by atoms with Crippen LogP contribution in [0.15, 0.2) is 41.1 Å².